The Morgan fingerprint density at radius 3 is 2.63 bits per heavy atom. The van der Waals surface area contributed by atoms with Crippen molar-refractivity contribution in [1.29, 1.82) is 0 Å². The topological polar surface area (TPSA) is 70.5 Å². The number of halogens is 2. The van der Waals surface area contributed by atoms with Crippen LogP contribution in [0.2, 0.25) is 10.0 Å². The minimum atomic E-state index is -0.900. The van der Waals surface area contributed by atoms with Gasteiger partial charge in [0.2, 0.25) is 5.78 Å². The molecule has 1 atom stereocenters. The molecule has 1 aliphatic rings. The number of thiophene rings is 1. The highest BCUT2D eigenvalue weighted by molar-refractivity contribution is 7.14. The second kappa shape index (κ2) is 7.09. The number of thiazole rings is 1. The number of aromatic nitrogens is 1. The largest absolute Gasteiger partial charge is 0.503 e. The predicted molar refractivity (Wildman–Crippen MR) is 107 cm³/mol. The monoisotopic (exact) mass is 436 g/mol. The number of benzene rings is 1. The van der Waals surface area contributed by atoms with Crippen LogP contribution in [0.3, 0.4) is 0 Å². The van der Waals surface area contributed by atoms with Crippen LogP contribution < -0.4 is 4.90 Å². The number of anilines is 1. The average molecular weight is 437 g/mol. The number of nitrogens with zero attached hydrogens (tertiary/aromatic N) is 2. The molecule has 0 radical (unpaired) electrons. The smallest absolute Gasteiger partial charge is 0.296 e. The summed E-state index contributed by atoms with van der Waals surface area (Å²) in [6.45, 7) is 0. The highest BCUT2D eigenvalue weighted by Gasteiger charge is 2.46. The van der Waals surface area contributed by atoms with Gasteiger partial charge in [0.1, 0.15) is 0 Å². The Morgan fingerprint density at radius 2 is 2.00 bits per heavy atom. The van der Waals surface area contributed by atoms with Crippen LogP contribution in [0.4, 0.5) is 5.13 Å². The van der Waals surface area contributed by atoms with Crippen molar-refractivity contribution in [3.05, 3.63) is 79.1 Å². The van der Waals surface area contributed by atoms with Gasteiger partial charge in [-0.15, -0.1) is 22.7 Å². The fourth-order valence-corrected chi connectivity index (χ4v) is 4.78. The van der Waals surface area contributed by atoms with Crippen LogP contribution in [0.25, 0.3) is 0 Å². The lowest BCUT2D eigenvalue weighted by Crippen LogP contribution is -2.31. The van der Waals surface area contributed by atoms with Crippen molar-refractivity contribution in [2.75, 3.05) is 4.90 Å². The highest BCUT2D eigenvalue weighted by Crippen LogP contribution is 2.45. The number of hydrogen-bond donors (Lipinski definition) is 1. The van der Waals surface area contributed by atoms with E-state index in [0.29, 0.717) is 20.6 Å². The molecule has 0 saturated heterocycles. The second-order valence-electron chi connectivity index (χ2n) is 5.63. The van der Waals surface area contributed by atoms with E-state index in [1.807, 2.05) is 0 Å². The number of ketones is 1. The molecule has 136 valence electrons. The summed E-state index contributed by atoms with van der Waals surface area (Å²) in [4.78, 5) is 31.8. The van der Waals surface area contributed by atoms with E-state index in [9.17, 15) is 14.7 Å². The summed E-state index contributed by atoms with van der Waals surface area (Å²) < 4.78 is 0. The fraction of sp³-hybridized carbons (Fsp3) is 0.0556. The number of Topliss-reactive ketones (excluding diaryl/α,β-unsaturated/α-hetero) is 1. The van der Waals surface area contributed by atoms with Crippen LogP contribution in [0.15, 0.2) is 58.6 Å². The van der Waals surface area contributed by atoms with Crippen LogP contribution in [0, 0.1) is 0 Å². The first-order valence-electron chi connectivity index (χ1n) is 7.68. The number of hydrogen-bond acceptors (Lipinski definition) is 6. The van der Waals surface area contributed by atoms with Gasteiger partial charge in [-0.25, -0.2) is 4.98 Å². The van der Waals surface area contributed by atoms with Crippen LogP contribution >= 0.6 is 45.9 Å². The molecule has 27 heavy (non-hydrogen) atoms. The molecule has 1 unspecified atom stereocenters. The zero-order valence-corrected chi connectivity index (χ0v) is 16.6. The first-order chi connectivity index (χ1) is 13.0. The summed E-state index contributed by atoms with van der Waals surface area (Å²) in [5.41, 5.74) is 0.454. The fourth-order valence-electron chi connectivity index (χ4n) is 2.93. The van der Waals surface area contributed by atoms with Crippen LogP contribution in [0.5, 0.6) is 0 Å². The summed E-state index contributed by atoms with van der Waals surface area (Å²) in [6, 6.07) is 7.27. The Balaban J connectivity index is 1.92. The molecule has 9 heteroatoms. The van der Waals surface area contributed by atoms with E-state index < -0.39 is 23.5 Å². The Hall–Kier alpha value is -2.19. The maximum atomic E-state index is 13.1. The summed E-state index contributed by atoms with van der Waals surface area (Å²) in [5, 5.41) is 15.1. The molecule has 1 aromatic carbocycles. The molecular formula is C18H10Cl2N2O3S2. The van der Waals surface area contributed by atoms with Crippen molar-refractivity contribution in [3.63, 3.8) is 0 Å². The van der Waals surface area contributed by atoms with Crippen molar-refractivity contribution in [1.82, 2.24) is 4.98 Å². The molecule has 5 nitrogen and oxygen atoms in total. The van der Waals surface area contributed by atoms with Crippen molar-refractivity contribution in [2.45, 2.75) is 6.04 Å². The standard InChI is InChI=1S/C18H10Cl2N2O3S2/c19-9-3-4-10(11(20)8-9)14-13(15(23)12-2-1-6-26-12)16(24)17(25)22(14)18-21-5-7-27-18/h1-8,14,24H. The summed E-state index contributed by atoms with van der Waals surface area (Å²) >= 11 is 14.8. The molecule has 0 aliphatic carbocycles. The molecule has 2 aromatic heterocycles. The molecule has 1 amide bonds. The Morgan fingerprint density at radius 1 is 1.19 bits per heavy atom. The molecular weight excluding hydrogens is 427 g/mol. The first-order valence-corrected chi connectivity index (χ1v) is 10.2. The average Bonchev–Trinajstić information content (AvgIpc) is 3.37. The maximum absolute atomic E-state index is 13.1. The lowest BCUT2D eigenvalue weighted by molar-refractivity contribution is -0.117. The van der Waals surface area contributed by atoms with Crippen LogP contribution in [-0.4, -0.2) is 21.8 Å². The van der Waals surface area contributed by atoms with Gasteiger partial charge in [0, 0.05) is 21.6 Å². The maximum Gasteiger partial charge on any atom is 0.296 e. The number of aliphatic hydroxyl groups excluding tert-OH is 1. The molecule has 0 saturated carbocycles. The quantitative estimate of drug-likeness (QED) is 0.563. The van der Waals surface area contributed by atoms with E-state index in [0.717, 1.165) is 0 Å². The zero-order valence-electron chi connectivity index (χ0n) is 13.4. The van der Waals surface area contributed by atoms with Crippen molar-refractivity contribution < 1.29 is 14.7 Å². The predicted octanol–water partition coefficient (Wildman–Crippen LogP) is 5.29. The van der Waals surface area contributed by atoms with E-state index in [1.54, 1.807) is 41.2 Å². The number of amides is 1. The third-order valence-electron chi connectivity index (χ3n) is 4.08. The molecule has 0 fully saturated rings. The molecule has 1 N–H and O–H groups in total. The molecule has 3 heterocycles. The Kier molecular flexibility index (Phi) is 4.77. The zero-order chi connectivity index (χ0) is 19.1. The van der Waals surface area contributed by atoms with Gasteiger partial charge in [0.05, 0.1) is 16.5 Å². The molecule has 0 spiro atoms. The summed E-state index contributed by atoms with van der Waals surface area (Å²) in [6.07, 6.45) is 1.55. The summed E-state index contributed by atoms with van der Waals surface area (Å²) in [7, 11) is 0. The minimum absolute atomic E-state index is 0.0260. The van der Waals surface area contributed by atoms with Gasteiger partial charge >= 0.3 is 0 Å². The first kappa shape index (κ1) is 18.2. The van der Waals surface area contributed by atoms with E-state index >= 15 is 0 Å². The van der Waals surface area contributed by atoms with Crippen molar-refractivity contribution >= 4 is 62.7 Å². The third kappa shape index (κ3) is 3.06. The normalized spacial score (nSPS) is 17.0. The number of carbonyl (C=O) groups excluding carboxylic acids is 2. The SMILES string of the molecule is O=C(C1=C(O)C(=O)N(c2nccs2)C1c1ccc(Cl)cc1Cl)c1cccs1. The van der Waals surface area contributed by atoms with Gasteiger partial charge in [-0.05, 0) is 29.1 Å². The van der Waals surface area contributed by atoms with Crippen molar-refractivity contribution in [2.24, 2.45) is 0 Å². The van der Waals surface area contributed by atoms with Crippen LogP contribution in [-0.2, 0) is 4.79 Å². The lowest BCUT2D eigenvalue weighted by atomic mass is 9.95. The van der Waals surface area contributed by atoms with Gasteiger partial charge in [-0.2, -0.15) is 0 Å². The number of rotatable bonds is 4. The second-order valence-corrected chi connectivity index (χ2v) is 8.29. The number of carbonyl (C=O) groups is 2. The lowest BCUT2D eigenvalue weighted by Gasteiger charge is -2.25. The van der Waals surface area contributed by atoms with E-state index in [2.05, 4.69) is 4.98 Å². The molecule has 3 aromatic rings. The van der Waals surface area contributed by atoms with Gasteiger partial charge in [-0.3, -0.25) is 14.5 Å². The molecule has 1 aliphatic heterocycles. The van der Waals surface area contributed by atoms with E-state index in [4.69, 9.17) is 23.2 Å². The van der Waals surface area contributed by atoms with Gasteiger partial charge in [-0.1, -0.05) is 35.3 Å². The third-order valence-corrected chi connectivity index (χ3v) is 6.28. The number of aliphatic hydroxyl groups is 1. The van der Waals surface area contributed by atoms with E-state index in [-0.39, 0.29) is 10.6 Å². The van der Waals surface area contributed by atoms with Crippen LogP contribution in [0.1, 0.15) is 21.3 Å². The van der Waals surface area contributed by atoms with Gasteiger partial charge < -0.3 is 5.11 Å². The van der Waals surface area contributed by atoms with Crippen molar-refractivity contribution in [3.8, 4) is 0 Å². The minimum Gasteiger partial charge on any atom is -0.503 e. The Bertz CT molecular complexity index is 1060. The molecule has 4 rings (SSSR count). The highest BCUT2D eigenvalue weighted by atomic mass is 35.5. The summed E-state index contributed by atoms with van der Waals surface area (Å²) in [5.74, 6) is -1.72. The molecule has 0 bridgehead atoms. The van der Waals surface area contributed by atoms with E-state index in [1.165, 1.54) is 33.6 Å². The van der Waals surface area contributed by atoms with Gasteiger partial charge in [0.25, 0.3) is 5.91 Å². The van der Waals surface area contributed by atoms with Gasteiger partial charge in [0.15, 0.2) is 10.9 Å². The Labute approximate surface area is 172 Å².